The maximum Gasteiger partial charge on any atom is 0.256 e. The Morgan fingerprint density at radius 3 is 2.78 bits per heavy atom. The largest absolute Gasteiger partial charge is 0.314 e. The molecule has 0 saturated carbocycles. The molecule has 0 unspecified atom stereocenters. The minimum atomic E-state index is -0.314. The van der Waals surface area contributed by atoms with Gasteiger partial charge in [0.2, 0.25) is 0 Å². The summed E-state index contributed by atoms with van der Waals surface area (Å²) in [6.07, 6.45) is 1.09. The highest BCUT2D eigenvalue weighted by Crippen LogP contribution is 2.26. The summed E-state index contributed by atoms with van der Waals surface area (Å²) in [7, 11) is 0. The van der Waals surface area contributed by atoms with E-state index in [-0.39, 0.29) is 17.8 Å². The van der Waals surface area contributed by atoms with Crippen molar-refractivity contribution in [2.75, 3.05) is 5.32 Å². The standard InChI is InChI=1S/C18H17ClN6OS/c1-10(2)25(9-20)16(21)13-4-3-5-15(22-13)24-17(26)11-6-7-12-14(8-11)27-18(19)23-12/h3-10,20-21H,1-2H3,(H,22,24,26). The zero-order chi connectivity index (χ0) is 19.6. The minimum Gasteiger partial charge on any atom is -0.314 e. The number of amidine groups is 1. The maximum absolute atomic E-state index is 12.5. The average Bonchev–Trinajstić information content (AvgIpc) is 3.01. The first-order chi connectivity index (χ1) is 12.9. The molecule has 0 aliphatic rings. The predicted octanol–water partition coefficient (Wildman–Crippen LogP) is 4.24. The lowest BCUT2D eigenvalue weighted by atomic mass is 10.2. The highest BCUT2D eigenvalue weighted by atomic mass is 35.5. The molecule has 2 heterocycles. The van der Waals surface area contributed by atoms with E-state index in [1.54, 1.807) is 36.4 Å². The van der Waals surface area contributed by atoms with Crippen LogP contribution < -0.4 is 5.32 Å². The Bertz CT molecular complexity index is 1030. The Morgan fingerprint density at radius 2 is 2.07 bits per heavy atom. The summed E-state index contributed by atoms with van der Waals surface area (Å²) < 4.78 is 1.26. The van der Waals surface area contributed by atoms with E-state index in [1.807, 2.05) is 13.8 Å². The van der Waals surface area contributed by atoms with E-state index in [4.69, 9.17) is 22.4 Å². The first kappa shape index (κ1) is 18.9. The summed E-state index contributed by atoms with van der Waals surface area (Å²) in [6, 6.07) is 10.1. The molecule has 7 nitrogen and oxygen atoms in total. The SMILES string of the molecule is CC(C)N(C=N)C(=N)c1cccc(NC(=O)c2ccc3nc(Cl)sc3c2)n1. The zero-order valence-electron chi connectivity index (χ0n) is 14.7. The van der Waals surface area contributed by atoms with E-state index in [1.165, 1.54) is 16.2 Å². The second kappa shape index (κ2) is 7.81. The van der Waals surface area contributed by atoms with Crippen LogP contribution in [0.3, 0.4) is 0 Å². The Hall–Kier alpha value is -2.84. The van der Waals surface area contributed by atoms with Gasteiger partial charge in [-0.05, 0) is 44.2 Å². The van der Waals surface area contributed by atoms with Gasteiger partial charge in [-0.3, -0.25) is 15.6 Å². The Labute approximate surface area is 165 Å². The average molecular weight is 401 g/mol. The number of rotatable bonds is 5. The molecule has 0 aliphatic heterocycles. The normalized spacial score (nSPS) is 10.8. The highest BCUT2D eigenvalue weighted by Gasteiger charge is 2.16. The highest BCUT2D eigenvalue weighted by molar-refractivity contribution is 7.22. The van der Waals surface area contributed by atoms with E-state index in [0.29, 0.717) is 21.5 Å². The molecule has 0 saturated heterocycles. The van der Waals surface area contributed by atoms with Gasteiger partial charge >= 0.3 is 0 Å². The molecule has 1 amide bonds. The molecule has 3 N–H and O–H groups in total. The van der Waals surface area contributed by atoms with Crippen molar-refractivity contribution in [3.63, 3.8) is 0 Å². The summed E-state index contributed by atoms with van der Waals surface area (Å²) in [5, 5.41) is 18.4. The van der Waals surface area contributed by atoms with E-state index in [2.05, 4.69) is 15.3 Å². The number of halogens is 1. The molecular formula is C18H17ClN6OS. The summed E-state index contributed by atoms with van der Waals surface area (Å²) in [6.45, 7) is 3.76. The molecule has 1 aromatic carbocycles. The van der Waals surface area contributed by atoms with E-state index >= 15 is 0 Å². The maximum atomic E-state index is 12.5. The monoisotopic (exact) mass is 400 g/mol. The van der Waals surface area contributed by atoms with Gasteiger partial charge in [-0.15, -0.1) is 11.3 Å². The number of aromatic nitrogens is 2. The van der Waals surface area contributed by atoms with Crippen molar-refractivity contribution in [3.05, 3.63) is 52.1 Å². The van der Waals surface area contributed by atoms with Gasteiger partial charge in [0.25, 0.3) is 5.91 Å². The van der Waals surface area contributed by atoms with Crippen LogP contribution in [0.25, 0.3) is 10.2 Å². The first-order valence-electron chi connectivity index (χ1n) is 8.11. The quantitative estimate of drug-likeness (QED) is 0.440. The van der Waals surface area contributed by atoms with Crippen molar-refractivity contribution >= 4 is 57.1 Å². The van der Waals surface area contributed by atoms with Crippen molar-refractivity contribution < 1.29 is 4.79 Å². The summed E-state index contributed by atoms with van der Waals surface area (Å²) >= 11 is 7.22. The van der Waals surface area contributed by atoms with Crippen LogP contribution in [0.5, 0.6) is 0 Å². The van der Waals surface area contributed by atoms with Crippen LogP contribution in [0.15, 0.2) is 36.4 Å². The van der Waals surface area contributed by atoms with Gasteiger partial charge in [0.1, 0.15) is 11.5 Å². The number of amides is 1. The number of nitrogens with zero attached hydrogens (tertiary/aromatic N) is 3. The predicted molar refractivity (Wildman–Crippen MR) is 109 cm³/mol. The molecule has 3 rings (SSSR count). The number of hydrogen-bond donors (Lipinski definition) is 3. The Balaban J connectivity index is 1.81. The molecule has 27 heavy (non-hydrogen) atoms. The topological polar surface area (TPSA) is 106 Å². The van der Waals surface area contributed by atoms with Crippen molar-refractivity contribution in [1.29, 1.82) is 10.8 Å². The van der Waals surface area contributed by atoms with Gasteiger partial charge < -0.3 is 10.2 Å². The number of carbonyl (C=O) groups excluding carboxylic acids is 1. The molecule has 138 valence electrons. The number of thiazole rings is 1. The summed E-state index contributed by atoms with van der Waals surface area (Å²) in [5.74, 6) is 0.112. The van der Waals surface area contributed by atoms with Crippen LogP contribution in [-0.2, 0) is 0 Å². The molecule has 3 aromatic rings. The zero-order valence-corrected chi connectivity index (χ0v) is 16.2. The van der Waals surface area contributed by atoms with Crippen molar-refractivity contribution in [2.45, 2.75) is 19.9 Å². The molecule has 2 aromatic heterocycles. The van der Waals surface area contributed by atoms with Crippen molar-refractivity contribution in [3.8, 4) is 0 Å². The number of pyridine rings is 1. The number of benzene rings is 1. The van der Waals surface area contributed by atoms with Gasteiger partial charge in [0, 0.05) is 11.6 Å². The molecule has 0 spiro atoms. The molecule has 0 atom stereocenters. The number of fused-ring (bicyclic) bond motifs is 1. The summed E-state index contributed by atoms with van der Waals surface area (Å²) in [4.78, 5) is 22.5. The van der Waals surface area contributed by atoms with Crippen LogP contribution in [-0.4, -0.2) is 39.0 Å². The fraction of sp³-hybridized carbons (Fsp3) is 0.167. The Morgan fingerprint density at radius 1 is 1.30 bits per heavy atom. The lowest BCUT2D eigenvalue weighted by molar-refractivity contribution is 0.102. The van der Waals surface area contributed by atoms with Gasteiger partial charge in [0.05, 0.1) is 16.6 Å². The molecule has 0 aliphatic carbocycles. The molecule has 0 bridgehead atoms. The third kappa shape index (κ3) is 4.12. The third-order valence-corrected chi connectivity index (χ3v) is 4.93. The smallest absolute Gasteiger partial charge is 0.256 e. The minimum absolute atomic E-state index is 0.0481. The molecule has 0 radical (unpaired) electrons. The van der Waals surface area contributed by atoms with Gasteiger partial charge in [-0.1, -0.05) is 17.7 Å². The van der Waals surface area contributed by atoms with E-state index in [9.17, 15) is 4.79 Å². The van der Waals surface area contributed by atoms with Crippen LogP contribution in [0.4, 0.5) is 5.82 Å². The first-order valence-corrected chi connectivity index (χ1v) is 9.31. The second-order valence-electron chi connectivity index (χ2n) is 5.99. The lowest BCUT2D eigenvalue weighted by Crippen LogP contribution is -2.36. The fourth-order valence-electron chi connectivity index (χ4n) is 2.47. The van der Waals surface area contributed by atoms with Gasteiger partial charge in [-0.2, -0.15) is 0 Å². The fourth-order valence-corrected chi connectivity index (χ4v) is 3.54. The number of hydrogen-bond acceptors (Lipinski definition) is 6. The van der Waals surface area contributed by atoms with E-state index < -0.39 is 0 Å². The number of nitrogens with one attached hydrogen (secondary N) is 3. The Kier molecular flexibility index (Phi) is 5.48. The summed E-state index contributed by atoms with van der Waals surface area (Å²) in [5.41, 5.74) is 1.58. The lowest BCUT2D eigenvalue weighted by Gasteiger charge is -2.23. The third-order valence-electron chi connectivity index (χ3n) is 3.81. The van der Waals surface area contributed by atoms with Crippen LogP contribution in [0, 0.1) is 10.8 Å². The van der Waals surface area contributed by atoms with Gasteiger partial charge in [0.15, 0.2) is 10.3 Å². The van der Waals surface area contributed by atoms with Gasteiger partial charge in [-0.25, -0.2) is 9.97 Å². The number of carbonyl (C=O) groups is 1. The van der Waals surface area contributed by atoms with Crippen LogP contribution in [0.1, 0.15) is 29.9 Å². The number of anilines is 1. The van der Waals surface area contributed by atoms with Crippen molar-refractivity contribution in [2.24, 2.45) is 0 Å². The van der Waals surface area contributed by atoms with Crippen molar-refractivity contribution in [1.82, 2.24) is 14.9 Å². The molecular weight excluding hydrogens is 384 g/mol. The molecule has 0 fully saturated rings. The van der Waals surface area contributed by atoms with Crippen LogP contribution in [0.2, 0.25) is 4.47 Å². The molecule has 9 heteroatoms. The van der Waals surface area contributed by atoms with Crippen LogP contribution >= 0.6 is 22.9 Å². The second-order valence-corrected chi connectivity index (χ2v) is 7.60. The van der Waals surface area contributed by atoms with E-state index in [0.717, 1.165) is 16.6 Å².